The Balaban J connectivity index is 2.81. The Morgan fingerprint density at radius 3 is 2.56 bits per heavy atom. The maximum atomic E-state index is 11.1. The minimum absolute atomic E-state index is 0.247. The van der Waals surface area contributed by atoms with Gasteiger partial charge in [0.1, 0.15) is 5.69 Å². The molecule has 0 fully saturated rings. The van der Waals surface area contributed by atoms with Crippen LogP contribution in [0.5, 0.6) is 0 Å². The third-order valence-electron chi connectivity index (χ3n) is 2.67. The number of hydrogen-bond acceptors (Lipinski definition) is 1. The maximum absolute atomic E-state index is 11.1. The van der Waals surface area contributed by atoms with Crippen LogP contribution in [0.4, 0.5) is 0 Å². The Hall–Kier alpha value is -0.520. The van der Waals surface area contributed by atoms with Gasteiger partial charge in [0.25, 0.3) is 0 Å². The van der Waals surface area contributed by atoms with Crippen molar-refractivity contribution in [2.24, 2.45) is 5.92 Å². The van der Waals surface area contributed by atoms with E-state index in [1.165, 1.54) is 0 Å². The second-order valence-electron chi connectivity index (χ2n) is 4.58. The Morgan fingerprint density at radius 1 is 1.44 bits per heavy atom. The molecule has 1 atom stereocenters. The minimum Gasteiger partial charge on any atom is -0.477 e. The summed E-state index contributed by atoms with van der Waals surface area (Å²) in [7, 11) is 0. The number of rotatable bonds is 5. The molecule has 16 heavy (non-hydrogen) atoms. The van der Waals surface area contributed by atoms with E-state index in [-0.39, 0.29) is 6.04 Å². The Labute approximate surface area is 110 Å². The van der Waals surface area contributed by atoms with Crippen LogP contribution in [0.1, 0.15) is 50.1 Å². The summed E-state index contributed by atoms with van der Waals surface area (Å²) in [6.45, 7) is 6.44. The fourth-order valence-electron chi connectivity index (χ4n) is 1.70. The molecule has 0 spiro atoms. The molecule has 1 heterocycles. The Morgan fingerprint density at radius 2 is 2.06 bits per heavy atom. The molecule has 1 unspecified atom stereocenters. The molecular weight excluding hydrogens is 317 g/mol. The van der Waals surface area contributed by atoms with Gasteiger partial charge in [-0.3, -0.25) is 0 Å². The molecular formula is C12H18INO2. The smallest absolute Gasteiger partial charge is 0.352 e. The molecule has 0 aromatic carbocycles. The van der Waals surface area contributed by atoms with Crippen molar-refractivity contribution in [1.82, 2.24) is 4.57 Å². The molecule has 3 nitrogen and oxygen atoms in total. The van der Waals surface area contributed by atoms with Crippen molar-refractivity contribution >= 4 is 28.6 Å². The Bertz CT molecular complexity index is 371. The first-order valence-electron chi connectivity index (χ1n) is 5.52. The molecule has 4 heteroatoms. The van der Waals surface area contributed by atoms with Gasteiger partial charge in [-0.25, -0.2) is 4.79 Å². The van der Waals surface area contributed by atoms with Crippen LogP contribution >= 0.6 is 22.6 Å². The van der Waals surface area contributed by atoms with Crippen molar-refractivity contribution in [3.05, 3.63) is 21.5 Å². The van der Waals surface area contributed by atoms with E-state index in [1.807, 2.05) is 10.8 Å². The zero-order chi connectivity index (χ0) is 12.3. The van der Waals surface area contributed by atoms with Crippen molar-refractivity contribution in [3.8, 4) is 0 Å². The van der Waals surface area contributed by atoms with Crippen LogP contribution in [-0.2, 0) is 0 Å². The largest absolute Gasteiger partial charge is 0.477 e. The molecule has 1 N–H and O–H groups in total. The van der Waals surface area contributed by atoms with Crippen molar-refractivity contribution < 1.29 is 9.90 Å². The van der Waals surface area contributed by atoms with Crippen molar-refractivity contribution in [1.29, 1.82) is 0 Å². The topological polar surface area (TPSA) is 42.2 Å². The molecule has 1 rings (SSSR count). The summed E-state index contributed by atoms with van der Waals surface area (Å²) in [5.41, 5.74) is 0.389. The summed E-state index contributed by atoms with van der Waals surface area (Å²) < 4.78 is 2.85. The molecule has 1 aromatic heterocycles. The molecule has 1 aromatic rings. The van der Waals surface area contributed by atoms with Gasteiger partial charge in [-0.05, 0) is 54.3 Å². The average molecular weight is 335 g/mol. The van der Waals surface area contributed by atoms with Crippen molar-refractivity contribution in [3.63, 3.8) is 0 Å². The molecule has 0 amide bonds. The highest BCUT2D eigenvalue weighted by molar-refractivity contribution is 14.1. The lowest BCUT2D eigenvalue weighted by atomic mass is 10.0. The van der Waals surface area contributed by atoms with E-state index < -0.39 is 5.97 Å². The molecule has 0 saturated heterocycles. The number of aromatic nitrogens is 1. The van der Waals surface area contributed by atoms with Crippen LogP contribution in [0.15, 0.2) is 12.3 Å². The highest BCUT2D eigenvalue weighted by Gasteiger charge is 2.15. The quantitative estimate of drug-likeness (QED) is 0.832. The zero-order valence-corrected chi connectivity index (χ0v) is 12.1. The summed E-state index contributed by atoms with van der Waals surface area (Å²) in [5, 5.41) is 9.08. The fourth-order valence-corrected chi connectivity index (χ4v) is 2.29. The summed E-state index contributed by atoms with van der Waals surface area (Å²) >= 11 is 2.15. The number of nitrogens with zero attached hydrogens (tertiary/aromatic N) is 1. The first kappa shape index (κ1) is 13.5. The number of hydrogen-bond donors (Lipinski definition) is 1. The molecule has 90 valence electrons. The third kappa shape index (κ3) is 3.50. The first-order chi connectivity index (χ1) is 7.41. The van der Waals surface area contributed by atoms with Crippen molar-refractivity contribution in [2.75, 3.05) is 0 Å². The summed E-state index contributed by atoms with van der Waals surface area (Å²) in [6, 6.07) is 1.96. The van der Waals surface area contributed by atoms with E-state index in [4.69, 9.17) is 5.11 Å². The molecule has 0 aliphatic carbocycles. The fraction of sp³-hybridized carbons (Fsp3) is 0.583. The van der Waals surface area contributed by atoms with Gasteiger partial charge in [-0.15, -0.1) is 0 Å². The van der Waals surface area contributed by atoms with Crippen LogP contribution in [0.2, 0.25) is 0 Å². The monoisotopic (exact) mass is 335 g/mol. The maximum Gasteiger partial charge on any atom is 0.352 e. The molecule has 0 saturated carbocycles. The number of aromatic carboxylic acids is 1. The van der Waals surface area contributed by atoms with E-state index >= 15 is 0 Å². The number of carboxylic acids is 1. The molecule has 0 aliphatic rings. The second kappa shape index (κ2) is 5.70. The van der Waals surface area contributed by atoms with Crippen LogP contribution in [0.3, 0.4) is 0 Å². The van der Waals surface area contributed by atoms with Crippen LogP contribution in [0, 0.1) is 9.49 Å². The van der Waals surface area contributed by atoms with E-state index in [0.717, 1.165) is 16.4 Å². The van der Waals surface area contributed by atoms with Gasteiger partial charge in [-0.1, -0.05) is 13.8 Å². The lowest BCUT2D eigenvalue weighted by molar-refractivity contribution is 0.0682. The summed E-state index contributed by atoms with van der Waals surface area (Å²) in [4.78, 5) is 11.1. The van der Waals surface area contributed by atoms with Gasteiger partial charge in [0.15, 0.2) is 0 Å². The van der Waals surface area contributed by atoms with Gasteiger partial charge >= 0.3 is 5.97 Å². The lowest BCUT2D eigenvalue weighted by Crippen LogP contribution is -2.12. The standard InChI is InChI=1S/C12H18INO2/c1-8(2)4-5-9(3)14-7-10(13)6-11(14)12(15)16/h6-9H,4-5H2,1-3H3,(H,15,16). The molecule has 0 aliphatic heterocycles. The van der Waals surface area contributed by atoms with Crippen molar-refractivity contribution in [2.45, 2.75) is 39.7 Å². The minimum atomic E-state index is -0.848. The number of carbonyl (C=O) groups is 1. The second-order valence-corrected chi connectivity index (χ2v) is 5.82. The Kier molecular flexibility index (Phi) is 4.83. The highest BCUT2D eigenvalue weighted by Crippen LogP contribution is 2.22. The van der Waals surface area contributed by atoms with E-state index in [2.05, 4.69) is 43.4 Å². The SMILES string of the molecule is CC(C)CCC(C)n1cc(I)cc1C(=O)O. The summed E-state index contributed by atoms with van der Waals surface area (Å²) in [5.74, 6) is -0.190. The number of carboxylic acid groups (broad SMARTS) is 1. The van der Waals surface area contributed by atoms with Crippen LogP contribution in [-0.4, -0.2) is 15.6 Å². The van der Waals surface area contributed by atoms with Crippen LogP contribution in [0.25, 0.3) is 0 Å². The number of halogens is 1. The van der Waals surface area contributed by atoms with Gasteiger partial charge in [0.05, 0.1) is 0 Å². The van der Waals surface area contributed by atoms with Gasteiger partial charge in [0.2, 0.25) is 0 Å². The summed E-state index contributed by atoms with van der Waals surface area (Å²) in [6.07, 6.45) is 4.05. The van der Waals surface area contributed by atoms with E-state index in [1.54, 1.807) is 6.07 Å². The van der Waals surface area contributed by atoms with Gasteiger partial charge in [-0.2, -0.15) is 0 Å². The van der Waals surface area contributed by atoms with E-state index in [9.17, 15) is 4.79 Å². The first-order valence-corrected chi connectivity index (χ1v) is 6.60. The van der Waals surface area contributed by atoms with Gasteiger partial charge < -0.3 is 9.67 Å². The third-order valence-corrected chi connectivity index (χ3v) is 3.26. The molecule has 0 radical (unpaired) electrons. The lowest BCUT2D eigenvalue weighted by Gasteiger charge is -2.16. The zero-order valence-electron chi connectivity index (χ0n) is 9.90. The average Bonchev–Trinajstić information content (AvgIpc) is 2.56. The highest BCUT2D eigenvalue weighted by atomic mass is 127. The predicted molar refractivity (Wildman–Crippen MR) is 72.9 cm³/mol. The normalized spacial score (nSPS) is 13.1. The van der Waals surface area contributed by atoms with Crippen LogP contribution < -0.4 is 0 Å². The van der Waals surface area contributed by atoms with Gasteiger partial charge in [0, 0.05) is 15.8 Å². The predicted octanol–water partition coefficient (Wildman–Crippen LogP) is 3.79. The van der Waals surface area contributed by atoms with E-state index in [0.29, 0.717) is 11.6 Å². The molecule has 0 bridgehead atoms.